The van der Waals surface area contributed by atoms with Gasteiger partial charge in [0.2, 0.25) is 11.8 Å². The molecule has 0 saturated carbocycles. The molecule has 0 bridgehead atoms. The highest BCUT2D eigenvalue weighted by Crippen LogP contribution is 2.25. The fourth-order valence-electron chi connectivity index (χ4n) is 2.16. The van der Waals surface area contributed by atoms with E-state index in [2.05, 4.69) is 15.6 Å². The number of nitrogens with zero attached hydrogens (tertiary/aromatic N) is 1. The number of nitrogens with one attached hydrogen (secondary N) is 2. The highest BCUT2D eigenvalue weighted by Gasteiger charge is 2.27. The van der Waals surface area contributed by atoms with Crippen molar-refractivity contribution in [2.75, 3.05) is 5.32 Å². The van der Waals surface area contributed by atoms with Crippen molar-refractivity contribution in [3.8, 4) is 0 Å². The second-order valence-corrected chi connectivity index (χ2v) is 5.80. The minimum Gasteiger partial charge on any atom is -0.344 e. The maximum atomic E-state index is 12.0. The van der Waals surface area contributed by atoms with E-state index in [4.69, 9.17) is 0 Å². The number of aromatic nitrogens is 1. The van der Waals surface area contributed by atoms with E-state index in [1.807, 2.05) is 25.1 Å². The van der Waals surface area contributed by atoms with Crippen LogP contribution in [-0.4, -0.2) is 22.8 Å². The zero-order valence-corrected chi connectivity index (χ0v) is 11.2. The van der Waals surface area contributed by atoms with Gasteiger partial charge in [-0.25, -0.2) is 4.98 Å². The molecular formula is C13H13N3O2S. The van der Waals surface area contributed by atoms with Crippen LogP contribution in [0.25, 0.3) is 10.2 Å². The van der Waals surface area contributed by atoms with Gasteiger partial charge >= 0.3 is 0 Å². The van der Waals surface area contributed by atoms with Crippen molar-refractivity contribution in [3.63, 3.8) is 0 Å². The van der Waals surface area contributed by atoms with Crippen molar-refractivity contribution in [2.24, 2.45) is 0 Å². The lowest BCUT2D eigenvalue weighted by atomic mass is 10.2. The van der Waals surface area contributed by atoms with Gasteiger partial charge < -0.3 is 10.6 Å². The first-order valence-electron chi connectivity index (χ1n) is 6.09. The molecule has 1 aromatic heterocycles. The molecule has 3 rings (SSSR count). The Morgan fingerprint density at radius 1 is 1.53 bits per heavy atom. The third kappa shape index (κ3) is 2.44. The molecule has 19 heavy (non-hydrogen) atoms. The van der Waals surface area contributed by atoms with Gasteiger partial charge in [-0.05, 0) is 31.5 Å². The van der Waals surface area contributed by atoms with E-state index in [0.29, 0.717) is 12.8 Å². The Balaban J connectivity index is 1.77. The fourth-order valence-corrected chi connectivity index (χ4v) is 3.02. The summed E-state index contributed by atoms with van der Waals surface area (Å²) < 4.78 is 1.05. The van der Waals surface area contributed by atoms with E-state index in [1.54, 1.807) is 11.3 Å². The average Bonchev–Trinajstić information content (AvgIpc) is 2.93. The summed E-state index contributed by atoms with van der Waals surface area (Å²) in [7, 11) is 0. The second kappa shape index (κ2) is 4.62. The first-order chi connectivity index (χ1) is 9.11. The Bertz CT molecular complexity index is 665. The molecule has 6 heteroatoms. The van der Waals surface area contributed by atoms with E-state index in [0.717, 1.165) is 20.9 Å². The minimum atomic E-state index is -0.411. The lowest BCUT2D eigenvalue weighted by Crippen LogP contribution is -2.37. The van der Waals surface area contributed by atoms with Gasteiger partial charge in [0.05, 0.1) is 15.2 Å². The Hall–Kier alpha value is -1.95. The summed E-state index contributed by atoms with van der Waals surface area (Å²) in [6.07, 6.45) is 0.984. The number of fused-ring (bicyclic) bond motifs is 1. The number of rotatable bonds is 2. The van der Waals surface area contributed by atoms with Crippen LogP contribution in [0, 0.1) is 6.92 Å². The Kier molecular flexibility index (Phi) is 2.94. The molecule has 2 heterocycles. The molecule has 1 atom stereocenters. The van der Waals surface area contributed by atoms with Crippen LogP contribution < -0.4 is 10.6 Å². The number of hydrogen-bond acceptors (Lipinski definition) is 4. The number of carbonyl (C=O) groups is 2. The summed E-state index contributed by atoms with van der Waals surface area (Å²) in [5.74, 6) is -0.222. The smallest absolute Gasteiger partial charge is 0.246 e. The molecule has 0 unspecified atom stereocenters. The van der Waals surface area contributed by atoms with Crippen LogP contribution >= 0.6 is 11.3 Å². The molecule has 5 nitrogen and oxygen atoms in total. The summed E-state index contributed by atoms with van der Waals surface area (Å²) in [6.45, 7) is 1.96. The third-order valence-electron chi connectivity index (χ3n) is 3.07. The molecule has 0 aliphatic carbocycles. The van der Waals surface area contributed by atoms with Crippen LogP contribution in [0.1, 0.15) is 17.8 Å². The fraction of sp³-hybridized carbons (Fsp3) is 0.308. The Labute approximate surface area is 114 Å². The van der Waals surface area contributed by atoms with Crippen LogP contribution in [0.2, 0.25) is 0 Å². The normalized spacial score (nSPS) is 18.6. The van der Waals surface area contributed by atoms with Crippen molar-refractivity contribution in [1.29, 1.82) is 0 Å². The van der Waals surface area contributed by atoms with Crippen molar-refractivity contribution < 1.29 is 9.59 Å². The molecule has 2 amide bonds. The minimum absolute atomic E-state index is 0.0614. The number of benzene rings is 1. The number of thiazole rings is 1. The highest BCUT2D eigenvalue weighted by molar-refractivity contribution is 7.18. The standard InChI is InChI=1S/C13H13N3O2S/c1-7-14-9-3-2-8(6-11(9)19-7)15-13(18)10-4-5-12(17)16-10/h2-3,6,10H,4-5H2,1H3,(H,15,18)(H,16,17)/t10-/m1/s1. The van der Waals surface area contributed by atoms with Gasteiger partial charge in [-0.1, -0.05) is 0 Å². The molecule has 1 aliphatic rings. The van der Waals surface area contributed by atoms with Crippen molar-refractivity contribution in [1.82, 2.24) is 10.3 Å². The average molecular weight is 275 g/mol. The molecule has 2 aromatic rings. The van der Waals surface area contributed by atoms with Crippen LogP contribution in [0.4, 0.5) is 5.69 Å². The van der Waals surface area contributed by atoms with Gasteiger partial charge in [-0.2, -0.15) is 0 Å². The Morgan fingerprint density at radius 2 is 2.37 bits per heavy atom. The third-order valence-corrected chi connectivity index (χ3v) is 4.01. The van der Waals surface area contributed by atoms with Gasteiger partial charge in [0, 0.05) is 12.1 Å². The molecule has 0 radical (unpaired) electrons. The van der Waals surface area contributed by atoms with Gasteiger partial charge in [0.25, 0.3) is 0 Å². The molecule has 98 valence electrons. The van der Waals surface area contributed by atoms with E-state index in [-0.39, 0.29) is 11.8 Å². The van der Waals surface area contributed by atoms with Crippen molar-refractivity contribution in [3.05, 3.63) is 23.2 Å². The van der Waals surface area contributed by atoms with Gasteiger partial charge in [-0.3, -0.25) is 9.59 Å². The van der Waals surface area contributed by atoms with Gasteiger partial charge in [0.1, 0.15) is 6.04 Å². The predicted molar refractivity (Wildman–Crippen MR) is 74.2 cm³/mol. The van der Waals surface area contributed by atoms with Crippen molar-refractivity contribution >= 4 is 39.1 Å². The number of hydrogen-bond donors (Lipinski definition) is 2. The van der Waals surface area contributed by atoms with E-state index in [9.17, 15) is 9.59 Å². The van der Waals surface area contributed by atoms with Crippen LogP contribution in [0.5, 0.6) is 0 Å². The largest absolute Gasteiger partial charge is 0.344 e. The van der Waals surface area contributed by atoms with Gasteiger partial charge in [-0.15, -0.1) is 11.3 Å². The summed E-state index contributed by atoms with van der Waals surface area (Å²) in [5, 5.41) is 6.49. The lowest BCUT2D eigenvalue weighted by Gasteiger charge is -2.10. The highest BCUT2D eigenvalue weighted by atomic mass is 32.1. The first-order valence-corrected chi connectivity index (χ1v) is 6.91. The van der Waals surface area contributed by atoms with Gasteiger partial charge in [0.15, 0.2) is 0 Å². The van der Waals surface area contributed by atoms with E-state index < -0.39 is 6.04 Å². The SMILES string of the molecule is Cc1nc2ccc(NC(=O)[C@H]3CCC(=O)N3)cc2s1. The van der Waals surface area contributed by atoms with Crippen LogP contribution in [-0.2, 0) is 9.59 Å². The quantitative estimate of drug-likeness (QED) is 0.878. The lowest BCUT2D eigenvalue weighted by molar-refractivity contribution is -0.122. The molecule has 1 aromatic carbocycles. The summed E-state index contributed by atoms with van der Waals surface area (Å²) in [4.78, 5) is 27.4. The first kappa shape index (κ1) is 12.1. The topological polar surface area (TPSA) is 71.1 Å². The number of amides is 2. The molecule has 1 fully saturated rings. The number of anilines is 1. The summed E-state index contributed by atoms with van der Waals surface area (Å²) >= 11 is 1.59. The zero-order chi connectivity index (χ0) is 13.4. The number of aryl methyl sites for hydroxylation is 1. The molecular weight excluding hydrogens is 262 g/mol. The van der Waals surface area contributed by atoms with E-state index >= 15 is 0 Å². The number of carbonyl (C=O) groups excluding carboxylic acids is 2. The van der Waals surface area contributed by atoms with E-state index in [1.165, 1.54) is 0 Å². The molecule has 2 N–H and O–H groups in total. The summed E-state index contributed by atoms with van der Waals surface area (Å²) in [6, 6.07) is 5.22. The summed E-state index contributed by atoms with van der Waals surface area (Å²) in [5.41, 5.74) is 1.68. The monoisotopic (exact) mass is 275 g/mol. The second-order valence-electron chi connectivity index (χ2n) is 4.56. The zero-order valence-electron chi connectivity index (χ0n) is 10.4. The molecule has 1 aliphatic heterocycles. The maximum Gasteiger partial charge on any atom is 0.246 e. The van der Waals surface area contributed by atoms with Crippen molar-refractivity contribution in [2.45, 2.75) is 25.8 Å². The molecule has 1 saturated heterocycles. The maximum absolute atomic E-state index is 12.0. The van der Waals surface area contributed by atoms with Crippen LogP contribution in [0.3, 0.4) is 0 Å². The van der Waals surface area contributed by atoms with Crippen LogP contribution in [0.15, 0.2) is 18.2 Å². The predicted octanol–water partition coefficient (Wildman–Crippen LogP) is 1.82. The molecule has 0 spiro atoms. The Morgan fingerprint density at radius 3 is 3.11 bits per heavy atom.